The monoisotopic (exact) mass is 431 g/mol. The first-order valence-electron chi connectivity index (χ1n) is 9.74. The number of pyridine rings is 1. The lowest BCUT2D eigenvalue weighted by molar-refractivity contribution is 0.0996. The zero-order valence-corrected chi connectivity index (χ0v) is 16.9. The highest BCUT2D eigenvalue weighted by Gasteiger charge is 2.19. The molecule has 0 unspecified atom stereocenters. The molecule has 0 radical (unpaired) electrons. The predicted octanol–water partition coefficient (Wildman–Crippen LogP) is 3.26. The molecule has 0 aliphatic rings. The molecule has 9 nitrogen and oxygen atoms in total. The number of carbonyl (C=O) groups excluding carboxylic acids is 1. The van der Waals surface area contributed by atoms with Gasteiger partial charge >= 0.3 is 0 Å². The number of nitrogens with two attached hydrogens (primary N) is 2. The maximum Gasteiger partial charge on any atom is 0.251 e. The summed E-state index contributed by atoms with van der Waals surface area (Å²) in [4.78, 5) is 15.7. The number of rotatable bonds is 5. The Labute approximate surface area is 180 Å². The van der Waals surface area contributed by atoms with E-state index >= 15 is 0 Å². The number of primary amides is 1. The van der Waals surface area contributed by atoms with E-state index in [1.54, 1.807) is 23.1 Å². The Hall–Kier alpha value is -4.47. The summed E-state index contributed by atoms with van der Waals surface area (Å²) in [5, 5.41) is 12.8. The van der Waals surface area contributed by atoms with Crippen molar-refractivity contribution in [3.63, 3.8) is 0 Å². The maximum absolute atomic E-state index is 14.1. The van der Waals surface area contributed by atoms with Crippen molar-refractivity contribution in [2.45, 2.75) is 13.0 Å². The zero-order valence-electron chi connectivity index (χ0n) is 16.9. The topological polar surface area (TPSA) is 138 Å². The van der Waals surface area contributed by atoms with Crippen molar-refractivity contribution >= 4 is 33.5 Å². The molecule has 0 spiro atoms. The predicted molar refractivity (Wildman–Crippen MR) is 117 cm³/mol. The van der Waals surface area contributed by atoms with Gasteiger partial charge in [-0.15, -0.1) is 0 Å². The fraction of sp³-hybridized carbons (Fsp3) is 0.0909. The Balaban J connectivity index is 1.57. The highest BCUT2D eigenvalue weighted by atomic mass is 19.1. The van der Waals surface area contributed by atoms with Crippen molar-refractivity contribution in [3.8, 4) is 11.4 Å². The molecule has 0 saturated heterocycles. The second-order valence-corrected chi connectivity index (χ2v) is 7.34. The molecule has 5 aromatic rings. The van der Waals surface area contributed by atoms with Crippen molar-refractivity contribution in [2.24, 2.45) is 5.73 Å². The SMILES string of the molecule is C[C@H](Oc1cc2cc(C(N)=O)c(F)cc2nc1N)c1cc2[nH]ncc2cc1-n1cccn1. The van der Waals surface area contributed by atoms with Crippen molar-refractivity contribution in [1.82, 2.24) is 25.0 Å². The first-order chi connectivity index (χ1) is 15.4. The van der Waals surface area contributed by atoms with Crippen LogP contribution < -0.4 is 16.2 Å². The average molecular weight is 431 g/mol. The number of nitrogen functional groups attached to an aromatic ring is 1. The summed E-state index contributed by atoms with van der Waals surface area (Å²) in [6, 6.07) is 9.81. The molecule has 3 heterocycles. The lowest BCUT2D eigenvalue weighted by Gasteiger charge is -2.20. The molecule has 10 heteroatoms. The summed E-state index contributed by atoms with van der Waals surface area (Å²) in [5.74, 6) is -1.23. The summed E-state index contributed by atoms with van der Waals surface area (Å²) < 4.78 is 22.0. The van der Waals surface area contributed by atoms with Crippen LogP contribution in [0.4, 0.5) is 10.2 Å². The van der Waals surface area contributed by atoms with Crippen molar-refractivity contribution in [2.75, 3.05) is 5.73 Å². The van der Waals surface area contributed by atoms with Crippen LogP contribution in [-0.2, 0) is 0 Å². The molecular weight excluding hydrogens is 413 g/mol. The molecule has 160 valence electrons. The smallest absolute Gasteiger partial charge is 0.251 e. The van der Waals surface area contributed by atoms with Gasteiger partial charge in [-0.25, -0.2) is 14.1 Å². The first-order valence-corrected chi connectivity index (χ1v) is 9.74. The summed E-state index contributed by atoms with van der Waals surface area (Å²) in [6.07, 6.45) is 4.80. The molecule has 0 fully saturated rings. The summed E-state index contributed by atoms with van der Waals surface area (Å²) >= 11 is 0. The van der Waals surface area contributed by atoms with Crippen molar-refractivity contribution < 1.29 is 13.9 Å². The van der Waals surface area contributed by atoms with Crippen LogP contribution in [-0.4, -0.2) is 30.9 Å². The molecule has 3 aromatic heterocycles. The van der Waals surface area contributed by atoms with Crippen LogP contribution >= 0.6 is 0 Å². The van der Waals surface area contributed by atoms with E-state index in [4.69, 9.17) is 16.2 Å². The molecule has 1 atom stereocenters. The van der Waals surface area contributed by atoms with Gasteiger partial charge in [0.15, 0.2) is 11.6 Å². The Morgan fingerprint density at radius 2 is 2.06 bits per heavy atom. The van der Waals surface area contributed by atoms with E-state index in [1.165, 1.54) is 6.07 Å². The van der Waals surface area contributed by atoms with E-state index < -0.39 is 17.8 Å². The number of hydrogen-bond donors (Lipinski definition) is 3. The number of nitrogens with zero attached hydrogens (tertiary/aromatic N) is 4. The molecule has 2 aromatic carbocycles. The average Bonchev–Trinajstić information content (AvgIpc) is 3.44. The minimum Gasteiger partial charge on any atom is -0.482 e. The minimum absolute atomic E-state index is 0.0961. The number of anilines is 1. The Kier molecular flexibility index (Phi) is 4.47. The van der Waals surface area contributed by atoms with Gasteiger partial charge in [0, 0.05) is 34.8 Å². The van der Waals surface area contributed by atoms with Gasteiger partial charge in [0.05, 0.1) is 28.5 Å². The summed E-state index contributed by atoms with van der Waals surface area (Å²) in [7, 11) is 0. The van der Waals surface area contributed by atoms with Crippen LogP contribution in [0.2, 0.25) is 0 Å². The molecule has 5 rings (SSSR count). The van der Waals surface area contributed by atoms with E-state index in [-0.39, 0.29) is 11.4 Å². The Bertz CT molecular complexity index is 1480. The van der Waals surface area contributed by atoms with E-state index in [0.29, 0.717) is 16.7 Å². The molecule has 0 saturated carbocycles. The molecular formula is C22H18FN7O2. The lowest BCUT2D eigenvalue weighted by Crippen LogP contribution is -2.13. The fourth-order valence-corrected chi connectivity index (χ4v) is 3.66. The quantitative estimate of drug-likeness (QED) is 0.390. The van der Waals surface area contributed by atoms with E-state index in [9.17, 15) is 9.18 Å². The summed E-state index contributed by atoms with van der Waals surface area (Å²) in [5.41, 5.74) is 13.9. The Morgan fingerprint density at radius 3 is 2.81 bits per heavy atom. The van der Waals surface area contributed by atoms with Crippen LogP contribution in [0, 0.1) is 5.82 Å². The third kappa shape index (κ3) is 3.27. The van der Waals surface area contributed by atoms with E-state index in [0.717, 1.165) is 28.2 Å². The molecule has 0 bridgehead atoms. The van der Waals surface area contributed by atoms with Crippen LogP contribution in [0.5, 0.6) is 5.75 Å². The zero-order chi connectivity index (χ0) is 22.4. The number of aromatic amines is 1. The third-order valence-corrected chi connectivity index (χ3v) is 5.24. The van der Waals surface area contributed by atoms with Gasteiger partial charge in [-0.1, -0.05) is 0 Å². The number of H-pyrrole nitrogens is 1. The summed E-state index contributed by atoms with van der Waals surface area (Å²) in [6.45, 7) is 1.87. The molecule has 0 aliphatic carbocycles. The molecule has 0 aliphatic heterocycles. The van der Waals surface area contributed by atoms with Crippen molar-refractivity contribution in [3.05, 3.63) is 71.9 Å². The number of aromatic nitrogens is 5. The number of benzene rings is 2. The van der Waals surface area contributed by atoms with Crippen molar-refractivity contribution in [1.29, 1.82) is 0 Å². The van der Waals surface area contributed by atoms with Crippen LogP contribution in [0.3, 0.4) is 0 Å². The molecule has 1 amide bonds. The fourth-order valence-electron chi connectivity index (χ4n) is 3.66. The highest BCUT2D eigenvalue weighted by molar-refractivity contribution is 5.97. The first kappa shape index (κ1) is 19.5. The van der Waals surface area contributed by atoms with Gasteiger partial charge in [0.25, 0.3) is 5.91 Å². The third-order valence-electron chi connectivity index (χ3n) is 5.24. The largest absolute Gasteiger partial charge is 0.482 e. The van der Waals surface area contributed by atoms with Gasteiger partial charge in [0.1, 0.15) is 11.9 Å². The van der Waals surface area contributed by atoms with Gasteiger partial charge < -0.3 is 16.2 Å². The number of nitrogens with one attached hydrogen (secondary N) is 1. The maximum atomic E-state index is 14.1. The molecule has 32 heavy (non-hydrogen) atoms. The number of amides is 1. The van der Waals surface area contributed by atoms with Crippen LogP contribution in [0.1, 0.15) is 28.9 Å². The van der Waals surface area contributed by atoms with Crippen LogP contribution in [0.25, 0.3) is 27.5 Å². The second kappa shape index (κ2) is 7.34. The van der Waals surface area contributed by atoms with Crippen LogP contribution in [0.15, 0.2) is 55.0 Å². The number of ether oxygens (including phenoxy) is 1. The Morgan fingerprint density at radius 1 is 1.22 bits per heavy atom. The van der Waals surface area contributed by atoms with Gasteiger partial charge in [-0.05, 0) is 37.3 Å². The second-order valence-electron chi connectivity index (χ2n) is 7.34. The van der Waals surface area contributed by atoms with E-state index in [1.807, 2.05) is 31.3 Å². The van der Waals surface area contributed by atoms with E-state index in [2.05, 4.69) is 20.3 Å². The lowest BCUT2D eigenvalue weighted by atomic mass is 10.1. The van der Waals surface area contributed by atoms with Gasteiger partial charge in [0.2, 0.25) is 0 Å². The highest BCUT2D eigenvalue weighted by Crippen LogP contribution is 2.33. The minimum atomic E-state index is -0.867. The van der Waals surface area contributed by atoms with Gasteiger partial charge in [-0.2, -0.15) is 10.2 Å². The number of fused-ring (bicyclic) bond motifs is 2. The number of carbonyl (C=O) groups is 1. The number of halogens is 1. The normalized spacial score (nSPS) is 12.3. The standard InChI is InChI=1S/C22H18FN7O2/c1-11(14-8-18-13(10-26-29-18)6-19(14)30-4-2-3-27-30)32-20-7-12-5-15(22(25)31)16(23)9-17(12)28-21(20)24/h2-11H,1H3,(H2,24,28)(H2,25,31)(H,26,29)/t11-/m0/s1. The molecule has 5 N–H and O–H groups in total. The van der Waals surface area contributed by atoms with Gasteiger partial charge in [-0.3, -0.25) is 9.89 Å². The number of hydrogen-bond acceptors (Lipinski definition) is 6.